The highest BCUT2D eigenvalue weighted by Crippen LogP contribution is 2.23. The zero-order valence-electron chi connectivity index (χ0n) is 6.99. The second kappa shape index (κ2) is 4.22. The van der Waals surface area contributed by atoms with Crippen LogP contribution in [0.4, 0.5) is 0 Å². The maximum atomic E-state index is 10.7. The number of benzene rings is 1. The summed E-state index contributed by atoms with van der Waals surface area (Å²) >= 11 is 3.13. The standard InChI is InChI=1S/C9H6BrNO3/c10-8-2-1-5(9(13)14)6(3-11)7(8)4-12/h1-2,12H,4H2,(H,13,14). The molecule has 14 heavy (non-hydrogen) atoms. The number of carboxylic acid groups (broad SMARTS) is 1. The minimum atomic E-state index is -1.18. The molecule has 0 spiro atoms. The van der Waals surface area contributed by atoms with Gasteiger partial charge in [0.15, 0.2) is 0 Å². The third kappa shape index (κ3) is 1.76. The van der Waals surface area contributed by atoms with E-state index in [0.29, 0.717) is 10.0 Å². The normalized spacial score (nSPS) is 9.50. The van der Waals surface area contributed by atoms with Gasteiger partial charge < -0.3 is 10.2 Å². The molecule has 0 aromatic heterocycles. The van der Waals surface area contributed by atoms with Crippen LogP contribution in [0.5, 0.6) is 0 Å². The number of nitrogens with zero attached hydrogens (tertiary/aromatic N) is 1. The maximum absolute atomic E-state index is 10.7. The van der Waals surface area contributed by atoms with Crippen molar-refractivity contribution < 1.29 is 15.0 Å². The lowest BCUT2D eigenvalue weighted by atomic mass is 10.0. The second-order valence-electron chi connectivity index (χ2n) is 2.52. The van der Waals surface area contributed by atoms with Gasteiger partial charge in [-0.05, 0) is 12.1 Å². The Kier molecular flexibility index (Phi) is 3.23. The molecule has 0 saturated carbocycles. The highest BCUT2D eigenvalue weighted by Gasteiger charge is 2.15. The number of halogens is 1. The molecule has 0 fully saturated rings. The third-order valence-corrected chi connectivity index (χ3v) is 2.50. The van der Waals surface area contributed by atoms with Gasteiger partial charge in [0.2, 0.25) is 0 Å². The number of aliphatic hydroxyl groups is 1. The molecule has 4 nitrogen and oxygen atoms in total. The fourth-order valence-corrected chi connectivity index (χ4v) is 1.54. The van der Waals surface area contributed by atoms with Crippen molar-refractivity contribution in [3.05, 3.63) is 33.3 Å². The van der Waals surface area contributed by atoms with Crippen LogP contribution < -0.4 is 0 Å². The number of hydrogen-bond acceptors (Lipinski definition) is 3. The number of aliphatic hydroxyl groups excluding tert-OH is 1. The van der Waals surface area contributed by atoms with Gasteiger partial charge in [0.1, 0.15) is 6.07 Å². The molecule has 0 radical (unpaired) electrons. The van der Waals surface area contributed by atoms with Gasteiger partial charge in [-0.2, -0.15) is 5.26 Å². The Morgan fingerprint density at radius 2 is 2.21 bits per heavy atom. The fourth-order valence-electron chi connectivity index (χ4n) is 1.08. The molecule has 2 N–H and O–H groups in total. The van der Waals surface area contributed by atoms with E-state index in [-0.39, 0.29) is 17.7 Å². The van der Waals surface area contributed by atoms with Crippen molar-refractivity contribution in [2.24, 2.45) is 0 Å². The Morgan fingerprint density at radius 3 is 2.64 bits per heavy atom. The van der Waals surface area contributed by atoms with Gasteiger partial charge >= 0.3 is 5.97 Å². The topological polar surface area (TPSA) is 81.3 Å². The Morgan fingerprint density at radius 1 is 1.57 bits per heavy atom. The van der Waals surface area contributed by atoms with Crippen molar-refractivity contribution in [3.8, 4) is 6.07 Å². The van der Waals surface area contributed by atoms with Crippen LogP contribution in [0.3, 0.4) is 0 Å². The number of rotatable bonds is 2. The summed E-state index contributed by atoms with van der Waals surface area (Å²) in [6.07, 6.45) is 0. The first-order valence-electron chi connectivity index (χ1n) is 3.67. The van der Waals surface area contributed by atoms with Crippen molar-refractivity contribution in [1.29, 1.82) is 5.26 Å². The van der Waals surface area contributed by atoms with E-state index in [1.54, 1.807) is 6.07 Å². The largest absolute Gasteiger partial charge is 0.478 e. The predicted octanol–water partition coefficient (Wildman–Crippen LogP) is 1.51. The van der Waals surface area contributed by atoms with Crippen LogP contribution in [0.25, 0.3) is 0 Å². The maximum Gasteiger partial charge on any atom is 0.337 e. The van der Waals surface area contributed by atoms with Gasteiger partial charge in [-0.25, -0.2) is 4.79 Å². The van der Waals surface area contributed by atoms with E-state index in [4.69, 9.17) is 15.5 Å². The van der Waals surface area contributed by atoms with Crippen LogP contribution in [0.1, 0.15) is 21.5 Å². The summed E-state index contributed by atoms with van der Waals surface area (Å²) in [5.41, 5.74) is 0.196. The van der Waals surface area contributed by atoms with Gasteiger partial charge in [-0.1, -0.05) is 15.9 Å². The summed E-state index contributed by atoms with van der Waals surface area (Å²) in [4.78, 5) is 10.7. The number of carbonyl (C=O) groups is 1. The quantitative estimate of drug-likeness (QED) is 0.840. The molecular weight excluding hydrogens is 250 g/mol. The zero-order chi connectivity index (χ0) is 10.7. The van der Waals surface area contributed by atoms with Crippen LogP contribution in [0.15, 0.2) is 16.6 Å². The lowest BCUT2D eigenvalue weighted by molar-refractivity contribution is 0.0696. The first-order chi connectivity index (χ1) is 6.61. The molecule has 0 aliphatic rings. The van der Waals surface area contributed by atoms with E-state index < -0.39 is 5.97 Å². The molecule has 0 amide bonds. The van der Waals surface area contributed by atoms with Crippen molar-refractivity contribution in [3.63, 3.8) is 0 Å². The minimum Gasteiger partial charge on any atom is -0.478 e. The molecule has 72 valence electrons. The molecule has 0 aliphatic carbocycles. The van der Waals surface area contributed by atoms with E-state index >= 15 is 0 Å². The highest BCUT2D eigenvalue weighted by molar-refractivity contribution is 9.10. The zero-order valence-corrected chi connectivity index (χ0v) is 8.58. The van der Waals surface area contributed by atoms with Crippen molar-refractivity contribution in [1.82, 2.24) is 0 Å². The van der Waals surface area contributed by atoms with E-state index in [2.05, 4.69) is 15.9 Å². The molecule has 1 aromatic carbocycles. The Balaban J connectivity index is 3.50. The van der Waals surface area contributed by atoms with Gasteiger partial charge in [0.05, 0.1) is 17.7 Å². The Hall–Kier alpha value is -1.38. The smallest absolute Gasteiger partial charge is 0.337 e. The summed E-state index contributed by atoms with van der Waals surface area (Å²) in [5.74, 6) is -1.18. The summed E-state index contributed by atoms with van der Waals surface area (Å²) in [6.45, 7) is -0.370. The molecule has 5 heteroatoms. The van der Waals surface area contributed by atoms with Crippen LogP contribution >= 0.6 is 15.9 Å². The third-order valence-electron chi connectivity index (χ3n) is 1.76. The summed E-state index contributed by atoms with van der Waals surface area (Å²) in [7, 11) is 0. The molecule has 0 unspecified atom stereocenters. The van der Waals surface area contributed by atoms with Crippen LogP contribution in [0.2, 0.25) is 0 Å². The van der Waals surface area contributed by atoms with Crippen LogP contribution in [-0.4, -0.2) is 16.2 Å². The Bertz CT molecular complexity index is 423. The molecule has 0 saturated heterocycles. The van der Waals surface area contributed by atoms with E-state index in [1.807, 2.05) is 0 Å². The van der Waals surface area contributed by atoms with E-state index in [0.717, 1.165) is 0 Å². The lowest BCUT2D eigenvalue weighted by Gasteiger charge is -2.05. The van der Waals surface area contributed by atoms with Crippen LogP contribution in [-0.2, 0) is 6.61 Å². The first-order valence-corrected chi connectivity index (χ1v) is 4.46. The first kappa shape index (κ1) is 10.7. The summed E-state index contributed by atoms with van der Waals surface area (Å²) < 4.78 is 0.529. The van der Waals surface area contributed by atoms with Gasteiger partial charge in [0.25, 0.3) is 0 Å². The van der Waals surface area contributed by atoms with Crippen molar-refractivity contribution in [2.75, 3.05) is 0 Å². The number of hydrogen-bond donors (Lipinski definition) is 2. The SMILES string of the molecule is N#Cc1c(C(=O)O)ccc(Br)c1CO. The van der Waals surface area contributed by atoms with E-state index in [1.165, 1.54) is 12.1 Å². The molecule has 0 heterocycles. The number of carboxylic acids is 1. The van der Waals surface area contributed by atoms with Gasteiger partial charge in [-0.15, -0.1) is 0 Å². The van der Waals surface area contributed by atoms with Gasteiger partial charge in [0, 0.05) is 10.0 Å². The van der Waals surface area contributed by atoms with Crippen LogP contribution in [0, 0.1) is 11.3 Å². The molecule has 0 aliphatic heterocycles. The monoisotopic (exact) mass is 255 g/mol. The molecule has 0 bridgehead atoms. The lowest BCUT2D eigenvalue weighted by Crippen LogP contribution is -2.04. The van der Waals surface area contributed by atoms with Crippen molar-refractivity contribution >= 4 is 21.9 Å². The average Bonchev–Trinajstić information content (AvgIpc) is 2.16. The second-order valence-corrected chi connectivity index (χ2v) is 3.38. The van der Waals surface area contributed by atoms with Gasteiger partial charge in [-0.3, -0.25) is 0 Å². The molecule has 1 rings (SSSR count). The molecular formula is C9H6BrNO3. The number of aromatic carboxylic acids is 1. The highest BCUT2D eigenvalue weighted by atomic mass is 79.9. The fraction of sp³-hybridized carbons (Fsp3) is 0.111. The summed E-state index contributed by atoms with van der Waals surface area (Å²) in [6, 6.07) is 4.59. The van der Waals surface area contributed by atoms with E-state index in [9.17, 15) is 4.79 Å². The Labute approximate surface area is 88.5 Å². The van der Waals surface area contributed by atoms with Crippen molar-refractivity contribution in [2.45, 2.75) is 6.61 Å². The summed E-state index contributed by atoms with van der Waals surface area (Å²) in [5, 5.41) is 26.5. The minimum absolute atomic E-state index is 0.00521. The molecule has 1 aromatic rings. The average molecular weight is 256 g/mol. The number of nitriles is 1. The molecule has 0 atom stereocenters. The predicted molar refractivity (Wildman–Crippen MR) is 51.7 cm³/mol.